The number of benzene rings is 1. The summed E-state index contributed by atoms with van der Waals surface area (Å²) in [7, 11) is 1.87. The zero-order valence-electron chi connectivity index (χ0n) is 11.2. The molecule has 1 N–H and O–H groups in total. The van der Waals surface area contributed by atoms with Crippen LogP contribution in [0.3, 0.4) is 0 Å². The van der Waals surface area contributed by atoms with Gasteiger partial charge in [0.05, 0.1) is 18.4 Å². The SMILES string of the molecule is Cc1cc(-c2nnco2)ccc1NCc1cnnn1C. The Bertz CT molecular complexity index is 703. The number of anilines is 1. The second-order valence-corrected chi connectivity index (χ2v) is 4.48. The third-order valence-electron chi connectivity index (χ3n) is 3.10. The normalized spacial score (nSPS) is 10.7. The first kappa shape index (κ1) is 12.3. The Morgan fingerprint density at radius 3 is 2.85 bits per heavy atom. The number of nitrogens with zero attached hydrogens (tertiary/aromatic N) is 5. The van der Waals surface area contributed by atoms with Crippen molar-refractivity contribution in [1.29, 1.82) is 0 Å². The fourth-order valence-corrected chi connectivity index (χ4v) is 1.95. The summed E-state index contributed by atoms with van der Waals surface area (Å²) >= 11 is 0. The molecule has 3 aromatic rings. The first-order chi connectivity index (χ1) is 9.74. The Morgan fingerprint density at radius 1 is 1.30 bits per heavy atom. The van der Waals surface area contributed by atoms with Gasteiger partial charge in [0.25, 0.3) is 0 Å². The topological polar surface area (TPSA) is 81.7 Å². The summed E-state index contributed by atoms with van der Waals surface area (Å²) in [5.41, 5.74) is 4.09. The molecule has 3 rings (SSSR count). The fourth-order valence-electron chi connectivity index (χ4n) is 1.95. The molecule has 0 amide bonds. The van der Waals surface area contributed by atoms with E-state index in [9.17, 15) is 0 Å². The minimum Gasteiger partial charge on any atom is -0.423 e. The summed E-state index contributed by atoms with van der Waals surface area (Å²) in [6, 6.07) is 5.96. The minimum absolute atomic E-state index is 0.524. The van der Waals surface area contributed by atoms with Crippen molar-refractivity contribution in [2.75, 3.05) is 5.32 Å². The van der Waals surface area contributed by atoms with Crippen molar-refractivity contribution < 1.29 is 4.42 Å². The second kappa shape index (κ2) is 5.12. The summed E-state index contributed by atoms with van der Waals surface area (Å²) in [5, 5.41) is 18.7. The summed E-state index contributed by atoms with van der Waals surface area (Å²) in [6.45, 7) is 2.70. The number of aryl methyl sites for hydroxylation is 2. The van der Waals surface area contributed by atoms with E-state index in [4.69, 9.17) is 4.42 Å². The van der Waals surface area contributed by atoms with Crippen molar-refractivity contribution in [1.82, 2.24) is 25.2 Å². The van der Waals surface area contributed by atoms with Gasteiger partial charge in [-0.25, -0.2) is 0 Å². The van der Waals surface area contributed by atoms with Crippen molar-refractivity contribution >= 4 is 5.69 Å². The summed E-state index contributed by atoms with van der Waals surface area (Å²) in [4.78, 5) is 0. The molecule has 0 saturated carbocycles. The van der Waals surface area contributed by atoms with E-state index in [2.05, 4.69) is 25.8 Å². The third kappa shape index (κ3) is 2.37. The van der Waals surface area contributed by atoms with Crippen LogP contribution < -0.4 is 5.32 Å². The van der Waals surface area contributed by atoms with E-state index in [0.717, 1.165) is 22.5 Å². The molecule has 102 valence electrons. The van der Waals surface area contributed by atoms with Crippen LogP contribution in [0.15, 0.2) is 35.2 Å². The number of nitrogens with one attached hydrogen (secondary N) is 1. The van der Waals surface area contributed by atoms with Gasteiger partial charge < -0.3 is 9.73 Å². The maximum atomic E-state index is 5.19. The average Bonchev–Trinajstić information content (AvgIpc) is 3.09. The lowest BCUT2D eigenvalue weighted by atomic mass is 10.1. The molecule has 0 unspecified atom stereocenters. The zero-order valence-corrected chi connectivity index (χ0v) is 11.2. The monoisotopic (exact) mass is 270 g/mol. The van der Waals surface area contributed by atoms with Crippen molar-refractivity contribution in [3.63, 3.8) is 0 Å². The summed E-state index contributed by atoms with van der Waals surface area (Å²) in [6.07, 6.45) is 3.07. The van der Waals surface area contributed by atoms with Crippen LogP contribution in [0.2, 0.25) is 0 Å². The molecular weight excluding hydrogens is 256 g/mol. The molecule has 2 heterocycles. The van der Waals surface area contributed by atoms with Crippen LogP contribution >= 0.6 is 0 Å². The van der Waals surface area contributed by atoms with Gasteiger partial charge in [-0.1, -0.05) is 5.21 Å². The van der Waals surface area contributed by atoms with Gasteiger partial charge in [0, 0.05) is 18.3 Å². The highest BCUT2D eigenvalue weighted by Crippen LogP contribution is 2.23. The standard InChI is InChI=1S/C13H14N6O/c1-9-5-10(13-17-16-8-20-13)3-4-12(9)14-6-11-7-15-18-19(11)2/h3-5,7-8,14H,6H2,1-2H3. The highest BCUT2D eigenvalue weighted by Gasteiger charge is 2.07. The highest BCUT2D eigenvalue weighted by atomic mass is 16.4. The Kier molecular flexibility index (Phi) is 3.16. The predicted molar refractivity (Wildman–Crippen MR) is 72.8 cm³/mol. The van der Waals surface area contributed by atoms with E-state index < -0.39 is 0 Å². The molecule has 7 heteroatoms. The number of rotatable bonds is 4. The van der Waals surface area contributed by atoms with Crippen molar-refractivity contribution in [3.8, 4) is 11.5 Å². The predicted octanol–water partition coefficient (Wildman–Crippen LogP) is 1.79. The lowest BCUT2D eigenvalue weighted by Crippen LogP contribution is -2.06. The molecule has 0 aliphatic carbocycles. The van der Waals surface area contributed by atoms with E-state index in [1.807, 2.05) is 32.2 Å². The van der Waals surface area contributed by atoms with Gasteiger partial charge >= 0.3 is 0 Å². The van der Waals surface area contributed by atoms with Gasteiger partial charge in [-0.05, 0) is 30.7 Å². The lowest BCUT2D eigenvalue weighted by Gasteiger charge is -2.10. The van der Waals surface area contributed by atoms with Crippen molar-refractivity contribution in [2.24, 2.45) is 7.05 Å². The molecule has 2 aromatic heterocycles. The van der Waals surface area contributed by atoms with Crippen LogP contribution in [-0.2, 0) is 13.6 Å². The van der Waals surface area contributed by atoms with Gasteiger partial charge in [-0.15, -0.1) is 15.3 Å². The molecular formula is C13H14N6O. The molecule has 20 heavy (non-hydrogen) atoms. The van der Waals surface area contributed by atoms with E-state index >= 15 is 0 Å². The molecule has 0 saturated heterocycles. The van der Waals surface area contributed by atoms with Crippen LogP contribution in [0.1, 0.15) is 11.3 Å². The summed E-state index contributed by atoms with van der Waals surface area (Å²) in [5.74, 6) is 0.524. The first-order valence-electron chi connectivity index (χ1n) is 6.18. The minimum atomic E-state index is 0.524. The lowest BCUT2D eigenvalue weighted by molar-refractivity contribution is 0.568. The quantitative estimate of drug-likeness (QED) is 0.778. The Labute approximate surface area is 115 Å². The van der Waals surface area contributed by atoms with E-state index in [1.165, 1.54) is 6.39 Å². The van der Waals surface area contributed by atoms with Gasteiger partial charge in [0.2, 0.25) is 12.3 Å². The van der Waals surface area contributed by atoms with E-state index in [0.29, 0.717) is 12.4 Å². The molecule has 0 bridgehead atoms. The fraction of sp³-hybridized carbons (Fsp3) is 0.231. The highest BCUT2D eigenvalue weighted by molar-refractivity contribution is 5.62. The molecule has 0 aliphatic heterocycles. The van der Waals surface area contributed by atoms with Crippen LogP contribution in [0.5, 0.6) is 0 Å². The number of aromatic nitrogens is 5. The van der Waals surface area contributed by atoms with Gasteiger partial charge in [-0.2, -0.15) is 0 Å². The van der Waals surface area contributed by atoms with E-state index in [1.54, 1.807) is 10.9 Å². The third-order valence-corrected chi connectivity index (χ3v) is 3.10. The van der Waals surface area contributed by atoms with Crippen LogP contribution in [0.4, 0.5) is 5.69 Å². The maximum Gasteiger partial charge on any atom is 0.247 e. The Hall–Kier alpha value is -2.70. The van der Waals surface area contributed by atoms with Crippen LogP contribution in [0, 0.1) is 6.92 Å². The average molecular weight is 270 g/mol. The van der Waals surface area contributed by atoms with Gasteiger partial charge in [0.1, 0.15) is 0 Å². The smallest absolute Gasteiger partial charge is 0.247 e. The second-order valence-electron chi connectivity index (χ2n) is 4.48. The molecule has 0 spiro atoms. The van der Waals surface area contributed by atoms with Crippen LogP contribution in [0.25, 0.3) is 11.5 Å². The molecule has 7 nitrogen and oxygen atoms in total. The molecule has 0 fully saturated rings. The number of hydrogen-bond donors (Lipinski definition) is 1. The van der Waals surface area contributed by atoms with Crippen molar-refractivity contribution in [3.05, 3.63) is 42.0 Å². The van der Waals surface area contributed by atoms with Gasteiger partial charge in [0.15, 0.2) is 0 Å². The van der Waals surface area contributed by atoms with E-state index in [-0.39, 0.29) is 0 Å². The van der Waals surface area contributed by atoms with Crippen LogP contribution in [-0.4, -0.2) is 25.2 Å². The molecule has 1 aromatic carbocycles. The largest absolute Gasteiger partial charge is 0.423 e. The first-order valence-corrected chi connectivity index (χ1v) is 6.18. The summed E-state index contributed by atoms with van der Waals surface area (Å²) < 4.78 is 6.93. The molecule has 0 aliphatic rings. The Morgan fingerprint density at radius 2 is 2.20 bits per heavy atom. The number of hydrogen-bond acceptors (Lipinski definition) is 6. The molecule has 0 radical (unpaired) electrons. The Balaban J connectivity index is 1.76. The van der Waals surface area contributed by atoms with Crippen molar-refractivity contribution in [2.45, 2.75) is 13.5 Å². The van der Waals surface area contributed by atoms with Gasteiger partial charge in [-0.3, -0.25) is 4.68 Å². The molecule has 0 atom stereocenters. The zero-order chi connectivity index (χ0) is 13.9. The maximum absolute atomic E-state index is 5.19.